The summed E-state index contributed by atoms with van der Waals surface area (Å²) in [4.78, 5) is 20.1. The van der Waals surface area contributed by atoms with Crippen LogP contribution in [-0.4, -0.2) is 49.8 Å². The number of thiazole rings is 1. The standard InChI is InChI=1S/C22H23N7OS2/c1-2-28(12-20(30)23-14-5-6-14)21-24-17-8-7-15(11-18(17)32-21)31-22-26-25-19-10-9-16(13-3-4-13)27-29(19)22/h7-11,13-14H,2-6,12H2,1H3,(H,23,30). The smallest absolute Gasteiger partial charge is 0.239 e. The predicted molar refractivity (Wildman–Crippen MR) is 126 cm³/mol. The lowest BCUT2D eigenvalue weighted by molar-refractivity contribution is -0.119. The first kappa shape index (κ1) is 19.9. The largest absolute Gasteiger partial charge is 0.352 e. The van der Waals surface area contributed by atoms with Crippen molar-refractivity contribution in [2.75, 3.05) is 18.0 Å². The van der Waals surface area contributed by atoms with Crippen molar-refractivity contribution in [3.8, 4) is 0 Å². The van der Waals surface area contributed by atoms with Gasteiger partial charge >= 0.3 is 0 Å². The number of hydrogen-bond acceptors (Lipinski definition) is 8. The van der Waals surface area contributed by atoms with Gasteiger partial charge in [-0.15, -0.1) is 10.2 Å². The van der Waals surface area contributed by atoms with E-state index in [1.807, 2.05) is 21.5 Å². The molecule has 0 radical (unpaired) electrons. The van der Waals surface area contributed by atoms with Crippen LogP contribution in [0.5, 0.6) is 0 Å². The van der Waals surface area contributed by atoms with Crippen LogP contribution in [0.4, 0.5) is 5.13 Å². The number of hydrogen-bond donors (Lipinski definition) is 1. The first-order chi connectivity index (χ1) is 15.7. The first-order valence-electron chi connectivity index (χ1n) is 11.0. The highest BCUT2D eigenvalue weighted by Crippen LogP contribution is 2.39. The van der Waals surface area contributed by atoms with E-state index in [-0.39, 0.29) is 5.91 Å². The van der Waals surface area contributed by atoms with Gasteiger partial charge in [0.2, 0.25) is 11.1 Å². The lowest BCUT2D eigenvalue weighted by Crippen LogP contribution is -2.38. The Hall–Kier alpha value is -2.72. The zero-order valence-electron chi connectivity index (χ0n) is 17.7. The second-order valence-electron chi connectivity index (χ2n) is 8.37. The number of amides is 1. The van der Waals surface area contributed by atoms with Gasteiger partial charge < -0.3 is 10.2 Å². The highest BCUT2D eigenvalue weighted by atomic mass is 32.2. The van der Waals surface area contributed by atoms with Crippen molar-refractivity contribution in [3.63, 3.8) is 0 Å². The average Bonchev–Trinajstić information content (AvgIpc) is 3.72. The van der Waals surface area contributed by atoms with E-state index in [1.54, 1.807) is 23.1 Å². The van der Waals surface area contributed by atoms with Gasteiger partial charge in [0, 0.05) is 23.4 Å². The molecule has 3 aromatic heterocycles. The van der Waals surface area contributed by atoms with Crippen LogP contribution >= 0.6 is 23.1 Å². The van der Waals surface area contributed by atoms with Crippen molar-refractivity contribution in [2.45, 2.75) is 54.6 Å². The first-order valence-corrected chi connectivity index (χ1v) is 12.6. The molecule has 0 atom stereocenters. The van der Waals surface area contributed by atoms with Gasteiger partial charge in [0.1, 0.15) is 0 Å². The fraction of sp³-hybridized carbons (Fsp3) is 0.409. The van der Waals surface area contributed by atoms with Crippen LogP contribution < -0.4 is 10.2 Å². The Morgan fingerprint density at radius 3 is 2.88 bits per heavy atom. The van der Waals surface area contributed by atoms with Gasteiger partial charge in [-0.25, -0.2) is 4.98 Å². The van der Waals surface area contributed by atoms with Crippen LogP contribution in [0.2, 0.25) is 0 Å². The molecule has 6 rings (SSSR count). The zero-order chi connectivity index (χ0) is 21.7. The van der Waals surface area contributed by atoms with Crippen LogP contribution in [0.25, 0.3) is 15.9 Å². The topological polar surface area (TPSA) is 88.3 Å². The third-order valence-electron chi connectivity index (χ3n) is 5.74. The Morgan fingerprint density at radius 2 is 2.09 bits per heavy atom. The number of carbonyl (C=O) groups is 1. The fourth-order valence-electron chi connectivity index (χ4n) is 3.63. The van der Waals surface area contributed by atoms with Crippen molar-refractivity contribution in [1.29, 1.82) is 0 Å². The summed E-state index contributed by atoms with van der Waals surface area (Å²) < 4.78 is 2.93. The zero-order valence-corrected chi connectivity index (χ0v) is 19.3. The van der Waals surface area contributed by atoms with E-state index in [9.17, 15) is 4.79 Å². The molecule has 10 heteroatoms. The predicted octanol–water partition coefficient (Wildman–Crippen LogP) is 3.87. The van der Waals surface area contributed by atoms with Gasteiger partial charge in [0.05, 0.1) is 22.5 Å². The SMILES string of the molecule is CCN(CC(=O)NC1CC1)c1nc2ccc(Sc3nnc4ccc(C5CC5)nn34)cc2s1. The van der Waals surface area contributed by atoms with Crippen molar-refractivity contribution >= 4 is 50.0 Å². The van der Waals surface area contributed by atoms with E-state index in [1.165, 1.54) is 12.8 Å². The summed E-state index contributed by atoms with van der Waals surface area (Å²) in [7, 11) is 0. The molecule has 1 amide bonds. The molecule has 0 aliphatic heterocycles. The van der Waals surface area contributed by atoms with E-state index in [0.29, 0.717) is 18.5 Å². The van der Waals surface area contributed by atoms with Crippen LogP contribution in [0.15, 0.2) is 40.4 Å². The number of nitrogens with one attached hydrogen (secondary N) is 1. The van der Waals surface area contributed by atoms with Crippen LogP contribution in [0.3, 0.4) is 0 Å². The minimum absolute atomic E-state index is 0.0709. The average molecular weight is 466 g/mol. The maximum absolute atomic E-state index is 12.3. The molecule has 4 aromatic rings. The Kier molecular flexibility index (Phi) is 4.98. The molecule has 2 aliphatic rings. The molecule has 1 aromatic carbocycles. The van der Waals surface area contributed by atoms with Gasteiger partial charge in [-0.1, -0.05) is 11.3 Å². The molecule has 32 heavy (non-hydrogen) atoms. The Balaban J connectivity index is 1.23. The molecule has 2 aliphatic carbocycles. The molecule has 2 saturated carbocycles. The molecule has 0 spiro atoms. The van der Waals surface area contributed by atoms with Gasteiger partial charge in [0.15, 0.2) is 10.8 Å². The second-order valence-corrected chi connectivity index (χ2v) is 10.4. The van der Waals surface area contributed by atoms with E-state index in [0.717, 1.165) is 56.1 Å². The van der Waals surface area contributed by atoms with Crippen molar-refractivity contribution in [1.82, 2.24) is 30.1 Å². The van der Waals surface area contributed by atoms with Gasteiger partial charge in [-0.3, -0.25) is 4.79 Å². The quantitative estimate of drug-likeness (QED) is 0.423. The molecule has 0 unspecified atom stereocenters. The van der Waals surface area contributed by atoms with Crippen molar-refractivity contribution in [3.05, 3.63) is 36.0 Å². The van der Waals surface area contributed by atoms with E-state index in [2.05, 4.69) is 40.6 Å². The molecule has 2 fully saturated rings. The summed E-state index contributed by atoms with van der Waals surface area (Å²) in [5.74, 6) is 0.654. The Morgan fingerprint density at radius 1 is 1.22 bits per heavy atom. The number of fused-ring (bicyclic) bond motifs is 2. The summed E-state index contributed by atoms with van der Waals surface area (Å²) in [6.07, 6.45) is 4.62. The number of carbonyl (C=O) groups excluding carboxylic acids is 1. The molecule has 3 heterocycles. The monoisotopic (exact) mass is 465 g/mol. The number of likely N-dealkylation sites (N-methyl/N-ethyl adjacent to an activating group) is 1. The molecule has 0 bridgehead atoms. The lowest BCUT2D eigenvalue weighted by atomic mass is 10.3. The third kappa shape index (κ3) is 4.04. The fourth-order valence-corrected chi connectivity index (χ4v) is 5.60. The van der Waals surface area contributed by atoms with Crippen molar-refractivity contribution in [2.24, 2.45) is 0 Å². The Bertz CT molecular complexity index is 1310. The maximum Gasteiger partial charge on any atom is 0.239 e. The third-order valence-corrected chi connectivity index (χ3v) is 7.74. The number of benzene rings is 1. The normalized spacial score (nSPS) is 16.0. The highest BCUT2D eigenvalue weighted by molar-refractivity contribution is 7.99. The number of aromatic nitrogens is 5. The minimum Gasteiger partial charge on any atom is -0.352 e. The summed E-state index contributed by atoms with van der Waals surface area (Å²) in [5, 5.41) is 18.1. The van der Waals surface area contributed by atoms with E-state index < -0.39 is 0 Å². The van der Waals surface area contributed by atoms with E-state index >= 15 is 0 Å². The van der Waals surface area contributed by atoms with E-state index in [4.69, 9.17) is 10.1 Å². The summed E-state index contributed by atoms with van der Waals surface area (Å²) in [5.41, 5.74) is 2.82. The molecule has 8 nitrogen and oxygen atoms in total. The van der Waals surface area contributed by atoms with Crippen LogP contribution in [-0.2, 0) is 4.79 Å². The van der Waals surface area contributed by atoms with Gasteiger partial charge in [-0.2, -0.15) is 9.61 Å². The number of rotatable bonds is 8. The summed E-state index contributed by atoms with van der Waals surface area (Å²) in [6.45, 7) is 3.13. The van der Waals surface area contributed by atoms with Crippen LogP contribution in [0.1, 0.15) is 44.2 Å². The highest BCUT2D eigenvalue weighted by Gasteiger charge is 2.26. The van der Waals surface area contributed by atoms with Crippen LogP contribution in [0, 0.1) is 0 Å². The maximum atomic E-state index is 12.3. The van der Waals surface area contributed by atoms with Crippen molar-refractivity contribution < 1.29 is 4.79 Å². The molecular weight excluding hydrogens is 442 g/mol. The number of anilines is 1. The lowest BCUT2D eigenvalue weighted by Gasteiger charge is -2.18. The molecule has 164 valence electrons. The Labute approximate surface area is 193 Å². The van der Waals surface area contributed by atoms with Gasteiger partial charge in [0.25, 0.3) is 0 Å². The summed E-state index contributed by atoms with van der Waals surface area (Å²) in [6, 6.07) is 10.6. The molecule has 1 N–H and O–H groups in total. The summed E-state index contributed by atoms with van der Waals surface area (Å²) >= 11 is 3.17. The molecular formula is C22H23N7OS2. The van der Waals surface area contributed by atoms with Gasteiger partial charge in [-0.05, 0) is 74.7 Å². The molecule has 0 saturated heterocycles. The second kappa shape index (κ2) is 8.00. The minimum atomic E-state index is 0.0709. The number of nitrogens with zero attached hydrogens (tertiary/aromatic N) is 6.